The standard InChI is InChI=1S/C23H25NO7S/c1-5-24(6-2)32(27,28)21-11-16(8-7-15(21)3)23(26)30-14-17-12-22(25)31-20-13-18(29-4)9-10-19(17)20/h7-13H,5-6,14H2,1-4H3. The van der Waals surface area contributed by atoms with Crippen molar-refractivity contribution >= 4 is 27.0 Å². The Morgan fingerprint density at radius 2 is 1.78 bits per heavy atom. The summed E-state index contributed by atoms with van der Waals surface area (Å²) in [5.74, 6) is -0.174. The molecule has 0 atom stereocenters. The summed E-state index contributed by atoms with van der Waals surface area (Å²) < 4.78 is 42.9. The third kappa shape index (κ3) is 4.68. The molecule has 0 amide bonds. The number of carbonyl (C=O) groups excluding carboxylic acids is 1. The molecule has 3 aromatic rings. The summed E-state index contributed by atoms with van der Waals surface area (Å²) in [5.41, 5.74) is 0.838. The number of esters is 1. The van der Waals surface area contributed by atoms with Crippen LogP contribution >= 0.6 is 0 Å². The fourth-order valence-electron chi connectivity index (χ4n) is 3.39. The van der Waals surface area contributed by atoms with E-state index >= 15 is 0 Å². The van der Waals surface area contributed by atoms with Gasteiger partial charge in [-0.1, -0.05) is 19.9 Å². The van der Waals surface area contributed by atoms with Gasteiger partial charge in [0, 0.05) is 36.2 Å². The second-order valence-electron chi connectivity index (χ2n) is 7.10. The van der Waals surface area contributed by atoms with E-state index in [9.17, 15) is 18.0 Å². The van der Waals surface area contributed by atoms with Gasteiger partial charge in [-0.3, -0.25) is 0 Å². The number of benzene rings is 2. The quantitative estimate of drug-likeness (QED) is 0.375. The molecule has 0 aliphatic carbocycles. The fraction of sp³-hybridized carbons (Fsp3) is 0.304. The van der Waals surface area contributed by atoms with E-state index in [4.69, 9.17) is 13.9 Å². The predicted octanol–water partition coefficient (Wildman–Crippen LogP) is 3.50. The molecule has 0 spiro atoms. The Kier molecular flexibility index (Phi) is 7.00. The molecular weight excluding hydrogens is 434 g/mol. The molecule has 0 saturated carbocycles. The van der Waals surface area contributed by atoms with Crippen LogP contribution in [-0.2, 0) is 21.4 Å². The summed E-state index contributed by atoms with van der Waals surface area (Å²) in [6.07, 6.45) is 0. The van der Waals surface area contributed by atoms with E-state index in [0.29, 0.717) is 40.9 Å². The molecule has 0 aliphatic rings. The molecule has 1 heterocycles. The third-order valence-electron chi connectivity index (χ3n) is 5.14. The largest absolute Gasteiger partial charge is 0.497 e. The summed E-state index contributed by atoms with van der Waals surface area (Å²) in [6.45, 7) is 5.65. The highest BCUT2D eigenvalue weighted by Gasteiger charge is 2.25. The van der Waals surface area contributed by atoms with E-state index in [-0.39, 0.29) is 17.1 Å². The molecule has 0 N–H and O–H groups in total. The Morgan fingerprint density at radius 3 is 2.44 bits per heavy atom. The summed E-state index contributed by atoms with van der Waals surface area (Å²) in [6, 6.07) is 10.7. The average molecular weight is 460 g/mol. The van der Waals surface area contributed by atoms with Crippen molar-refractivity contribution in [2.45, 2.75) is 32.3 Å². The number of fused-ring (bicyclic) bond motifs is 1. The van der Waals surface area contributed by atoms with E-state index in [1.54, 1.807) is 45.0 Å². The highest BCUT2D eigenvalue weighted by molar-refractivity contribution is 7.89. The van der Waals surface area contributed by atoms with Crippen LogP contribution < -0.4 is 10.4 Å². The van der Waals surface area contributed by atoms with Crippen molar-refractivity contribution in [1.29, 1.82) is 0 Å². The number of sulfonamides is 1. The summed E-state index contributed by atoms with van der Waals surface area (Å²) in [7, 11) is -2.23. The zero-order chi connectivity index (χ0) is 23.5. The van der Waals surface area contributed by atoms with Crippen molar-refractivity contribution in [2.75, 3.05) is 20.2 Å². The lowest BCUT2D eigenvalue weighted by Crippen LogP contribution is -2.31. The molecule has 9 heteroatoms. The fourth-order valence-corrected chi connectivity index (χ4v) is 5.10. The summed E-state index contributed by atoms with van der Waals surface area (Å²) in [4.78, 5) is 24.7. The lowest BCUT2D eigenvalue weighted by Gasteiger charge is -2.20. The zero-order valence-corrected chi connectivity index (χ0v) is 19.2. The molecule has 170 valence electrons. The Balaban J connectivity index is 1.88. The lowest BCUT2D eigenvalue weighted by molar-refractivity contribution is 0.0473. The number of aryl methyl sites for hydroxylation is 1. The normalized spacial score (nSPS) is 11.7. The van der Waals surface area contributed by atoms with Gasteiger partial charge >= 0.3 is 11.6 Å². The first-order valence-corrected chi connectivity index (χ1v) is 11.5. The first-order chi connectivity index (χ1) is 15.2. The van der Waals surface area contributed by atoms with E-state index in [2.05, 4.69) is 0 Å². The van der Waals surface area contributed by atoms with Gasteiger partial charge in [-0.25, -0.2) is 18.0 Å². The minimum atomic E-state index is -3.74. The number of hydrogen-bond donors (Lipinski definition) is 0. The molecule has 0 radical (unpaired) electrons. The first-order valence-electron chi connectivity index (χ1n) is 10.1. The summed E-state index contributed by atoms with van der Waals surface area (Å²) >= 11 is 0. The van der Waals surface area contributed by atoms with E-state index in [0.717, 1.165) is 0 Å². The van der Waals surface area contributed by atoms with Crippen LogP contribution in [0.3, 0.4) is 0 Å². The Labute approximate surface area is 186 Å². The molecule has 0 saturated heterocycles. The monoisotopic (exact) mass is 459 g/mol. The van der Waals surface area contributed by atoms with Crippen LogP contribution in [0, 0.1) is 6.92 Å². The van der Waals surface area contributed by atoms with Gasteiger partial charge in [0.05, 0.1) is 17.6 Å². The SMILES string of the molecule is CCN(CC)S(=O)(=O)c1cc(C(=O)OCc2cc(=O)oc3cc(OC)ccc23)ccc1C. The van der Waals surface area contributed by atoms with Crippen LogP contribution in [-0.4, -0.2) is 38.9 Å². The Hall–Kier alpha value is -3.17. The average Bonchev–Trinajstić information content (AvgIpc) is 2.77. The van der Waals surface area contributed by atoms with Crippen LogP contribution in [0.4, 0.5) is 0 Å². The van der Waals surface area contributed by atoms with E-state index in [1.165, 1.54) is 29.6 Å². The number of rotatable bonds is 8. The molecule has 0 aliphatic heterocycles. The maximum absolute atomic E-state index is 12.9. The van der Waals surface area contributed by atoms with Crippen LogP contribution in [0.5, 0.6) is 5.75 Å². The van der Waals surface area contributed by atoms with Crippen LogP contribution in [0.1, 0.15) is 35.3 Å². The molecule has 8 nitrogen and oxygen atoms in total. The molecule has 0 fully saturated rings. The van der Waals surface area contributed by atoms with Crippen LogP contribution in [0.2, 0.25) is 0 Å². The predicted molar refractivity (Wildman–Crippen MR) is 119 cm³/mol. The van der Waals surface area contributed by atoms with E-state index in [1.807, 2.05) is 0 Å². The molecule has 0 bridgehead atoms. The van der Waals surface area contributed by atoms with Gasteiger partial charge in [-0.05, 0) is 36.8 Å². The van der Waals surface area contributed by atoms with Gasteiger partial charge in [0.25, 0.3) is 0 Å². The summed E-state index contributed by atoms with van der Waals surface area (Å²) in [5, 5.41) is 0.604. The topological polar surface area (TPSA) is 103 Å². The smallest absolute Gasteiger partial charge is 0.338 e. The van der Waals surface area contributed by atoms with Gasteiger partial charge in [0.2, 0.25) is 10.0 Å². The number of ether oxygens (including phenoxy) is 2. The molecule has 0 unspecified atom stereocenters. The molecular formula is C23H25NO7S. The van der Waals surface area contributed by atoms with Gasteiger partial charge in [-0.2, -0.15) is 4.31 Å². The van der Waals surface area contributed by atoms with Crippen molar-refractivity contribution in [2.24, 2.45) is 0 Å². The number of carbonyl (C=O) groups is 1. The molecule has 32 heavy (non-hydrogen) atoms. The van der Waals surface area contributed by atoms with E-state index < -0.39 is 21.6 Å². The van der Waals surface area contributed by atoms with Crippen molar-refractivity contribution in [3.8, 4) is 5.75 Å². The zero-order valence-electron chi connectivity index (χ0n) is 18.4. The van der Waals surface area contributed by atoms with Gasteiger partial charge in [-0.15, -0.1) is 0 Å². The second-order valence-corrected chi connectivity index (χ2v) is 9.00. The Bertz CT molecular complexity index is 1310. The lowest BCUT2D eigenvalue weighted by atomic mass is 10.1. The number of nitrogens with zero attached hydrogens (tertiary/aromatic N) is 1. The van der Waals surface area contributed by atoms with Crippen molar-refractivity contribution in [3.05, 3.63) is 69.6 Å². The highest BCUT2D eigenvalue weighted by Crippen LogP contribution is 2.24. The van der Waals surface area contributed by atoms with Gasteiger partial charge in [0.15, 0.2) is 0 Å². The maximum atomic E-state index is 12.9. The molecule has 2 aromatic carbocycles. The molecule has 1 aromatic heterocycles. The number of hydrogen-bond acceptors (Lipinski definition) is 7. The molecule has 3 rings (SSSR count). The van der Waals surface area contributed by atoms with Gasteiger partial charge < -0.3 is 13.9 Å². The van der Waals surface area contributed by atoms with Crippen molar-refractivity contribution in [3.63, 3.8) is 0 Å². The van der Waals surface area contributed by atoms with Crippen LogP contribution in [0.25, 0.3) is 11.0 Å². The van der Waals surface area contributed by atoms with Crippen molar-refractivity contribution < 1.29 is 27.1 Å². The van der Waals surface area contributed by atoms with Gasteiger partial charge in [0.1, 0.15) is 17.9 Å². The number of methoxy groups -OCH3 is 1. The Morgan fingerprint density at radius 1 is 1.06 bits per heavy atom. The minimum Gasteiger partial charge on any atom is -0.497 e. The second kappa shape index (κ2) is 9.54. The highest BCUT2D eigenvalue weighted by atomic mass is 32.2. The van der Waals surface area contributed by atoms with Crippen LogP contribution in [0.15, 0.2) is 56.6 Å². The minimum absolute atomic E-state index is 0.0635. The third-order valence-corrected chi connectivity index (χ3v) is 7.34. The first kappa shape index (κ1) is 23.5. The maximum Gasteiger partial charge on any atom is 0.338 e. The van der Waals surface area contributed by atoms with Crippen molar-refractivity contribution in [1.82, 2.24) is 4.31 Å².